The molecule has 0 amide bonds. The van der Waals surface area contributed by atoms with E-state index >= 15 is 0 Å². The fraction of sp³-hybridized carbons (Fsp3) is 0.278. The smallest absolute Gasteiger partial charge is 0.115 e. The van der Waals surface area contributed by atoms with E-state index in [9.17, 15) is 10.2 Å². The van der Waals surface area contributed by atoms with E-state index in [2.05, 4.69) is 25.7 Å². The van der Waals surface area contributed by atoms with Gasteiger partial charge in [0.15, 0.2) is 0 Å². The number of hydrogen-bond acceptors (Lipinski definition) is 3. The summed E-state index contributed by atoms with van der Waals surface area (Å²) in [6, 6.07) is 14.2. The Morgan fingerprint density at radius 3 is 1.77 bits per heavy atom. The van der Waals surface area contributed by atoms with Gasteiger partial charge in [-0.05, 0) is 61.4 Å². The molecule has 3 nitrogen and oxygen atoms in total. The Hall–Kier alpha value is -2.07. The third kappa shape index (κ3) is 3.57. The molecule has 0 saturated carbocycles. The molecule has 0 bridgehead atoms. The molecule has 0 spiro atoms. The van der Waals surface area contributed by atoms with Gasteiger partial charge in [-0.3, -0.25) is 0 Å². The van der Waals surface area contributed by atoms with Crippen molar-refractivity contribution in [2.75, 3.05) is 4.90 Å². The van der Waals surface area contributed by atoms with Crippen molar-refractivity contribution < 1.29 is 10.2 Å². The largest absolute Gasteiger partial charge is 0.508 e. The molecule has 2 aromatic rings. The highest BCUT2D eigenvalue weighted by atomic mass is 32.1. The van der Waals surface area contributed by atoms with Crippen LogP contribution in [-0.2, 0) is 0 Å². The highest BCUT2D eigenvalue weighted by molar-refractivity contribution is 7.81. The van der Waals surface area contributed by atoms with Crippen molar-refractivity contribution in [3.63, 3.8) is 0 Å². The Labute approximate surface area is 136 Å². The zero-order chi connectivity index (χ0) is 16.3. The van der Waals surface area contributed by atoms with Crippen molar-refractivity contribution in [1.29, 1.82) is 0 Å². The van der Waals surface area contributed by atoms with Crippen LogP contribution < -0.4 is 4.90 Å². The number of phenolic OH excluding ortho intramolecular Hbond substituents is 2. The lowest BCUT2D eigenvalue weighted by molar-refractivity contribution is 0.474. The summed E-state index contributed by atoms with van der Waals surface area (Å²) < 4.78 is 0. The van der Waals surface area contributed by atoms with Gasteiger partial charge in [0.1, 0.15) is 16.5 Å². The Bertz CT molecular complexity index is 635. The van der Waals surface area contributed by atoms with Gasteiger partial charge in [-0.25, -0.2) is 0 Å². The minimum absolute atomic E-state index is 0.200. The summed E-state index contributed by atoms with van der Waals surface area (Å²) in [7, 11) is 0. The molecule has 22 heavy (non-hydrogen) atoms. The van der Waals surface area contributed by atoms with Crippen LogP contribution in [0.4, 0.5) is 5.69 Å². The van der Waals surface area contributed by atoms with Gasteiger partial charge >= 0.3 is 0 Å². The molecule has 0 saturated heterocycles. The first kappa shape index (κ1) is 16.3. The van der Waals surface area contributed by atoms with E-state index in [1.807, 2.05) is 24.3 Å². The standard InChI is InChI=1S/C18H21NO2S/c1-12(2)13(3)19(15-6-10-17(21)11-7-15)18(22)14-4-8-16(20)9-5-14/h4-13,20-21H,1-3H3. The number of nitrogens with zero attached hydrogens (tertiary/aromatic N) is 1. The maximum Gasteiger partial charge on any atom is 0.115 e. The molecule has 1 unspecified atom stereocenters. The summed E-state index contributed by atoms with van der Waals surface area (Å²) >= 11 is 5.68. The van der Waals surface area contributed by atoms with Crippen LogP contribution in [0.1, 0.15) is 26.3 Å². The van der Waals surface area contributed by atoms with E-state index in [1.165, 1.54) is 0 Å². The average molecular weight is 315 g/mol. The first-order valence-corrected chi connectivity index (χ1v) is 7.72. The number of hydrogen-bond donors (Lipinski definition) is 2. The highest BCUT2D eigenvalue weighted by Crippen LogP contribution is 2.26. The van der Waals surface area contributed by atoms with Gasteiger partial charge in [-0.1, -0.05) is 26.1 Å². The van der Waals surface area contributed by atoms with Crippen LogP contribution in [0.15, 0.2) is 48.5 Å². The molecule has 0 radical (unpaired) electrons. The maximum atomic E-state index is 9.49. The summed E-state index contributed by atoms with van der Waals surface area (Å²) in [5.41, 5.74) is 1.82. The Morgan fingerprint density at radius 1 is 0.864 bits per heavy atom. The molecule has 0 aliphatic heterocycles. The van der Waals surface area contributed by atoms with Gasteiger partial charge in [-0.15, -0.1) is 0 Å². The third-order valence-electron chi connectivity index (χ3n) is 3.83. The monoisotopic (exact) mass is 315 g/mol. The van der Waals surface area contributed by atoms with Crippen molar-refractivity contribution in [3.05, 3.63) is 54.1 Å². The minimum Gasteiger partial charge on any atom is -0.508 e. The number of aromatic hydroxyl groups is 2. The molecule has 0 fully saturated rings. The maximum absolute atomic E-state index is 9.49. The number of benzene rings is 2. The third-order valence-corrected chi connectivity index (χ3v) is 4.27. The topological polar surface area (TPSA) is 43.7 Å². The average Bonchev–Trinajstić information content (AvgIpc) is 2.49. The van der Waals surface area contributed by atoms with E-state index in [-0.39, 0.29) is 17.5 Å². The lowest BCUT2D eigenvalue weighted by atomic mass is 10.0. The second-order valence-electron chi connectivity index (χ2n) is 5.72. The molecule has 0 aliphatic rings. The number of phenols is 2. The summed E-state index contributed by atoms with van der Waals surface area (Å²) in [6.07, 6.45) is 0. The predicted molar refractivity (Wildman–Crippen MR) is 94.7 cm³/mol. The molecule has 116 valence electrons. The van der Waals surface area contributed by atoms with Crippen LogP contribution >= 0.6 is 12.2 Å². The number of rotatable bonds is 4. The van der Waals surface area contributed by atoms with Gasteiger partial charge in [0, 0.05) is 17.3 Å². The van der Waals surface area contributed by atoms with E-state index in [4.69, 9.17) is 12.2 Å². The zero-order valence-corrected chi connectivity index (χ0v) is 13.8. The second kappa shape index (κ2) is 6.79. The second-order valence-corrected chi connectivity index (χ2v) is 6.11. The molecule has 1 atom stereocenters. The first-order valence-electron chi connectivity index (χ1n) is 7.31. The summed E-state index contributed by atoms with van der Waals surface area (Å²) in [5.74, 6) is 0.861. The Morgan fingerprint density at radius 2 is 1.32 bits per heavy atom. The highest BCUT2D eigenvalue weighted by Gasteiger charge is 2.22. The van der Waals surface area contributed by atoms with Crippen LogP contribution in [0.5, 0.6) is 11.5 Å². The lowest BCUT2D eigenvalue weighted by Crippen LogP contribution is -2.41. The van der Waals surface area contributed by atoms with Crippen LogP contribution in [0, 0.1) is 5.92 Å². The Balaban J connectivity index is 2.41. The van der Waals surface area contributed by atoms with Gasteiger partial charge in [0.05, 0.1) is 0 Å². The summed E-state index contributed by atoms with van der Waals surface area (Å²) in [6.45, 7) is 6.43. The van der Waals surface area contributed by atoms with E-state index in [0.29, 0.717) is 10.9 Å². The molecule has 2 N–H and O–H groups in total. The van der Waals surface area contributed by atoms with Crippen molar-refractivity contribution in [2.24, 2.45) is 5.92 Å². The SMILES string of the molecule is CC(C)C(C)N(C(=S)c1ccc(O)cc1)c1ccc(O)cc1. The van der Waals surface area contributed by atoms with Crippen LogP contribution in [0.25, 0.3) is 0 Å². The van der Waals surface area contributed by atoms with Gasteiger partial charge in [-0.2, -0.15) is 0 Å². The zero-order valence-electron chi connectivity index (χ0n) is 13.0. The lowest BCUT2D eigenvalue weighted by Gasteiger charge is -2.34. The van der Waals surface area contributed by atoms with Crippen LogP contribution in [0.2, 0.25) is 0 Å². The quantitative estimate of drug-likeness (QED) is 0.825. The van der Waals surface area contributed by atoms with E-state index < -0.39 is 0 Å². The number of thiocarbonyl (C=S) groups is 1. The van der Waals surface area contributed by atoms with Crippen molar-refractivity contribution in [3.8, 4) is 11.5 Å². The summed E-state index contributed by atoms with van der Waals surface area (Å²) in [5, 5.41) is 18.9. The normalized spacial score (nSPS) is 12.2. The van der Waals surface area contributed by atoms with Crippen molar-refractivity contribution in [2.45, 2.75) is 26.8 Å². The molecular formula is C18H21NO2S. The minimum atomic E-state index is 0.200. The molecular weight excluding hydrogens is 294 g/mol. The Kier molecular flexibility index (Phi) is 5.03. The molecule has 0 aliphatic carbocycles. The van der Waals surface area contributed by atoms with Gasteiger partial charge < -0.3 is 15.1 Å². The molecule has 2 aromatic carbocycles. The van der Waals surface area contributed by atoms with Gasteiger partial charge in [0.25, 0.3) is 0 Å². The predicted octanol–water partition coefficient (Wildman–Crippen LogP) is 4.32. The fourth-order valence-electron chi connectivity index (χ4n) is 2.19. The molecule has 0 heterocycles. The van der Waals surface area contributed by atoms with Crippen molar-refractivity contribution in [1.82, 2.24) is 0 Å². The van der Waals surface area contributed by atoms with E-state index in [0.717, 1.165) is 11.3 Å². The molecule has 2 rings (SSSR count). The summed E-state index contributed by atoms with van der Waals surface area (Å²) in [4.78, 5) is 2.79. The van der Waals surface area contributed by atoms with E-state index in [1.54, 1.807) is 24.3 Å². The molecule has 0 aromatic heterocycles. The first-order chi connectivity index (χ1) is 10.4. The van der Waals surface area contributed by atoms with Crippen LogP contribution in [-0.4, -0.2) is 21.2 Å². The van der Waals surface area contributed by atoms with Crippen LogP contribution in [0.3, 0.4) is 0 Å². The van der Waals surface area contributed by atoms with Crippen molar-refractivity contribution >= 4 is 22.9 Å². The number of anilines is 1. The fourth-order valence-corrected chi connectivity index (χ4v) is 2.60. The molecule has 4 heteroatoms. The van der Waals surface area contributed by atoms with Gasteiger partial charge in [0.2, 0.25) is 0 Å².